The molecule has 2 aromatic rings. The van der Waals surface area contributed by atoms with Crippen LogP contribution in [0.3, 0.4) is 0 Å². The van der Waals surface area contributed by atoms with E-state index in [0.29, 0.717) is 20.8 Å². The normalized spacial score (nSPS) is 11.6. The van der Waals surface area contributed by atoms with Gasteiger partial charge in [-0.2, -0.15) is 9.59 Å². The van der Waals surface area contributed by atoms with Gasteiger partial charge in [0.15, 0.2) is 0 Å². The lowest BCUT2D eigenvalue weighted by Crippen LogP contribution is -2.49. The van der Waals surface area contributed by atoms with E-state index in [1.165, 1.54) is 6.20 Å². The van der Waals surface area contributed by atoms with Crippen LogP contribution in [0.4, 0.5) is 15.4 Å². The quantitative estimate of drug-likeness (QED) is 0.553. The Labute approximate surface area is 165 Å². The van der Waals surface area contributed by atoms with Crippen LogP contribution in [0.15, 0.2) is 48.7 Å². The molecule has 0 atom stereocenters. The van der Waals surface area contributed by atoms with E-state index in [1.54, 1.807) is 77.9 Å². The third kappa shape index (κ3) is 5.45. The lowest BCUT2D eigenvalue weighted by molar-refractivity contribution is -0.590. The van der Waals surface area contributed by atoms with Crippen LogP contribution in [0.1, 0.15) is 41.5 Å². The summed E-state index contributed by atoms with van der Waals surface area (Å²) in [7, 11) is 0. The van der Waals surface area contributed by atoms with Crippen LogP contribution in [-0.2, 0) is 9.47 Å². The number of amides is 2. The Morgan fingerprint density at radius 1 is 0.857 bits per heavy atom. The van der Waals surface area contributed by atoms with Gasteiger partial charge in [-0.05, 0) is 59.2 Å². The number of pyridine rings is 1. The van der Waals surface area contributed by atoms with E-state index in [4.69, 9.17) is 9.47 Å². The van der Waals surface area contributed by atoms with Crippen molar-refractivity contribution in [3.63, 3.8) is 0 Å². The molecule has 7 heteroatoms. The summed E-state index contributed by atoms with van der Waals surface area (Å²) in [6.45, 7) is 10.0. The average molecular weight is 386 g/mol. The lowest BCUT2D eigenvalue weighted by Gasteiger charge is -2.26. The predicted molar refractivity (Wildman–Crippen MR) is 106 cm³/mol. The van der Waals surface area contributed by atoms with Gasteiger partial charge in [-0.3, -0.25) is 0 Å². The van der Waals surface area contributed by atoms with Crippen molar-refractivity contribution in [2.75, 3.05) is 4.90 Å². The molecular formula is C21H26N2O5. The minimum absolute atomic E-state index is 0.183. The zero-order valence-corrected chi connectivity index (χ0v) is 17.1. The smallest absolute Gasteiger partial charge is 0.518 e. The predicted octanol–water partition coefficient (Wildman–Crippen LogP) is 4.66. The molecule has 0 bridgehead atoms. The van der Waals surface area contributed by atoms with Crippen molar-refractivity contribution in [3.8, 4) is 11.1 Å². The minimum Gasteiger partial charge on any atom is -0.711 e. The maximum Gasteiger partial charge on any atom is 0.518 e. The van der Waals surface area contributed by atoms with Crippen molar-refractivity contribution in [3.05, 3.63) is 53.9 Å². The maximum absolute atomic E-state index is 12.9. The number of nitrogens with zero attached hydrogens (tertiary/aromatic N) is 2. The van der Waals surface area contributed by atoms with E-state index in [-0.39, 0.29) is 5.82 Å². The highest BCUT2D eigenvalue weighted by molar-refractivity contribution is 6.10. The Morgan fingerprint density at radius 2 is 1.36 bits per heavy atom. The molecule has 2 amide bonds. The summed E-state index contributed by atoms with van der Waals surface area (Å²) in [5.74, 6) is -0.183. The van der Waals surface area contributed by atoms with Gasteiger partial charge in [0.25, 0.3) is 0 Å². The molecule has 28 heavy (non-hydrogen) atoms. The third-order valence-electron chi connectivity index (χ3n) is 3.38. The Kier molecular flexibility index (Phi) is 5.97. The fourth-order valence-corrected chi connectivity index (χ4v) is 2.41. The molecule has 0 fully saturated rings. The fourth-order valence-electron chi connectivity index (χ4n) is 2.41. The summed E-state index contributed by atoms with van der Waals surface area (Å²) in [6.07, 6.45) is -0.770. The van der Waals surface area contributed by atoms with E-state index < -0.39 is 23.4 Å². The van der Waals surface area contributed by atoms with Crippen molar-refractivity contribution in [1.82, 2.24) is 0 Å². The molecular weight excluding hydrogens is 360 g/mol. The third-order valence-corrected chi connectivity index (χ3v) is 3.38. The van der Waals surface area contributed by atoms with Gasteiger partial charge < -0.3 is 14.7 Å². The summed E-state index contributed by atoms with van der Waals surface area (Å²) >= 11 is 0. The van der Waals surface area contributed by atoms with E-state index >= 15 is 0 Å². The van der Waals surface area contributed by atoms with Crippen LogP contribution in [0.5, 0.6) is 0 Å². The van der Waals surface area contributed by atoms with Gasteiger partial charge in [0, 0.05) is 0 Å². The first-order chi connectivity index (χ1) is 12.9. The molecule has 0 saturated carbocycles. The van der Waals surface area contributed by atoms with Crippen LogP contribution < -0.4 is 9.63 Å². The van der Waals surface area contributed by atoms with E-state index in [9.17, 15) is 14.8 Å². The number of hydrogen-bond donors (Lipinski definition) is 0. The molecule has 150 valence electrons. The highest BCUT2D eigenvalue weighted by Gasteiger charge is 2.43. The molecule has 0 aliphatic heterocycles. The van der Waals surface area contributed by atoms with Crippen molar-refractivity contribution in [1.29, 1.82) is 0 Å². The molecule has 0 unspecified atom stereocenters. The number of rotatable bonds is 2. The summed E-state index contributed by atoms with van der Waals surface area (Å²) in [5, 5.41) is 12.7. The van der Waals surface area contributed by atoms with Crippen LogP contribution in [0, 0.1) is 5.21 Å². The molecule has 0 aliphatic rings. The number of benzene rings is 1. The molecule has 1 aromatic carbocycles. The van der Waals surface area contributed by atoms with Crippen molar-refractivity contribution >= 4 is 18.0 Å². The van der Waals surface area contributed by atoms with Gasteiger partial charge in [0.1, 0.15) is 11.2 Å². The Bertz CT molecular complexity index is 823. The van der Waals surface area contributed by atoms with Gasteiger partial charge in [-0.1, -0.05) is 35.2 Å². The molecule has 7 nitrogen and oxygen atoms in total. The zero-order valence-electron chi connectivity index (χ0n) is 17.1. The first kappa shape index (κ1) is 21.2. The molecule has 0 spiro atoms. The van der Waals surface area contributed by atoms with Crippen molar-refractivity contribution in [2.45, 2.75) is 52.7 Å². The second-order valence-electron chi connectivity index (χ2n) is 8.23. The number of carbonyl (C=O) groups excluding carboxylic acids is 2. The average Bonchev–Trinajstić information content (AvgIpc) is 2.54. The van der Waals surface area contributed by atoms with Gasteiger partial charge in [-0.15, -0.1) is 0 Å². The number of aromatic nitrogens is 1. The van der Waals surface area contributed by atoms with Crippen molar-refractivity contribution in [2.24, 2.45) is 0 Å². The highest BCUT2D eigenvalue weighted by Crippen LogP contribution is 2.30. The monoisotopic (exact) mass is 386 g/mol. The summed E-state index contributed by atoms with van der Waals surface area (Å²) in [6, 6.07) is 12.2. The summed E-state index contributed by atoms with van der Waals surface area (Å²) in [4.78, 5) is 26.4. The molecule has 1 aromatic heterocycles. The SMILES string of the molecule is CC(C)(C)OC(=O)N(C(=O)OC(C)(C)C)c1c(-c2ccccc2)ccc[n+]1[O-]. The molecule has 0 N–H and O–H groups in total. The Balaban J connectivity index is 2.64. The topological polar surface area (TPSA) is 82.8 Å². The molecule has 0 aliphatic carbocycles. The minimum atomic E-state index is -0.991. The summed E-state index contributed by atoms with van der Waals surface area (Å²) in [5.41, 5.74) is -0.672. The first-order valence-corrected chi connectivity index (χ1v) is 8.93. The number of anilines is 1. The fraction of sp³-hybridized carbons (Fsp3) is 0.381. The number of imide groups is 1. The van der Waals surface area contributed by atoms with Gasteiger partial charge in [0.05, 0.1) is 11.8 Å². The van der Waals surface area contributed by atoms with Crippen LogP contribution >= 0.6 is 0 Å². The largest absolute Gasteiger partial charge is 0.711 e. The van der Waals surface area contributed by atoms with Gasteiger partial charge in [-0.25, -0.2) is 4.73 Å². The van der Waals surface area contributed by atoms with Crippen LogP contribution in [-0.4, -0.2) is 23.4 Å². The first-order valence-electron chi connectivity index (χ1n) is 8.93. The Hall–Kier alpha value is -3.09. The van der Waals surface area contributed by atoms with Gasteiger partial charge >= 0.3 is 18.0 Å². The van der Waals surface area contributed by atoms with E-state index in [2.05, 4.69) is 0 Å². The maximum atomic E-state index is 12.9. The zero-order chi connectivity index (χ0) is 21.1. The molecule has 0 saturated heterocycles. The van der Waals surface area contributed by atoms with Crippen LogP contribution in [0.2, 0.25) is 0 Å². The summed E-state index contributed by atoms with van der Waals surface area (Å²) < 4.78 is 11.2. The molecule has 1 heterocycles. The molecule has 2 rings (SSSR count). The van der Waals surface area contributed by atoms with E-state index in [1.807, 2.05) is 6.07 Å². The van der Waals surface area contributed by atoms with Crippen molar-refractivity contribution < 1.29 is 23.8 Å². The number of carbonyl (C=O) groups is 2. The second-order valence-corrected chi connectivity index (χ2v) is 8.23. The Morgan fingerprint density at radius 3 is 1.82 bits per heavy atom. The van der Waals surface area contributed by atoms with E-state index in [0.717, 1.165) is 0 Å². The molecule has 0 radical (unpaired) electrons. The lowest BCUT2D eigenvalue weighted by atomic mass is 10.1. The highest BCUT2D eigenvalue weighted by atomic mass is 16.6. The van der Waals surface area contributed by atoms with Crippen LogP contribution in [0.25, 0.3) is 11.1 Å². The van der Waals surface area contributed by atoms with Gasteiger partial charge in [0.2, 0.25) is 0 Å². The number of ether oxygens (including phenoxy) is 2. The number of hydrogen-bond acceptors (Lipinski definition) is 5. The standard InChI is InChI=1S/C21H26N2O5/c1-20(2,3)27-18(24)23(19(25)28-21(4,5)6)17-16(13-10-14-22(17)26)15-11-8-7-9-12-15/h7-14H,1-6H3. The second kappa shape index (κ2) is 7.88.